The van der Waals surface area contributed by atoms with E-state index >= 15 is 0 Å². The lowest BCUT2D eigenvalue weighted by atomic mass is 10.1. The maximum absolute atomic E-state index is 12.2. The molecule has 0 radical (unpaired) electrons. The fourth-order valence-corrected chi connectivity index (χ4v) is 2.21. The van der Waals surface area contributed by atoms with Gasteiger partial charge in [0, 0.05) is 19.4 Å². The summed E-state index contributed by atoms with van der Waals surface area (Å²) < 4.78 is 0.162. The summed E-state index contributed by atoms with van der Waals surface area (Å²) in [6.07, 6.45) is 1.45. The molecule has 0 saturated carbocycles. The number of nitrogens with two attached hydrogens (primary N) is 1. The molecule has 1 atom stereocenters. The number of nitrogens with one attached hydrogen (secondary N) is 3. The number of hydrogen-bond acceptors (Lipinski definition) is 6. The molecule has 11 heteroatoms. The van der Waals surface area contributed by atoms with Gasteiger partial charge in [0.1, 0.15) is 6.04 Å². The highest BCUT2D eigenvalue weighted by molar-refractivity contribution is 14.1. The molecule has 134 valence electrons. The lowest BCUT2D eigenvalue weighted by molar-refractivity contribution is -0.199. The summed E-state index contributed by atoms with van der Waals surface area (Å²) in [5.41, 5.74) is 5.15. The van der Waals surface area contributed by atoms with E-state index in [0.29, 0.717) is 24.4 Å². The molecule has 1 fully saturated rings. The van der Waals surface area contributed by atoms with Crippen molar-refractivity contribution < 1.29 is 24.0 Å². The molecule has 0 aliphatic carbocycles. The Kier molecular flexibility index (Phi) is 8.43. The van der Waals surface area contributed by atoms with Gasteiger partial charge in [-0.05, 0) is 19.3 Å². The number of carbonyl (C=O) groups excluding carboxylic acids is 4. The summed E-state index contributed by atoms with van der Waals surface area (Å²) in [6.45, 7) is 0.459. The highest BCUT2D eigenvalue weighted by atomic mass is 127. The average Bonchev–Trinajstić information content (AvgIpc) is 2.84. The van der Waals surface area contributed by atoms with Crippen LogP contribution in [0, 0.1) is 5.41 Å². The average molecular weight is 453 g/mol. The number of alkyl halides is 1. The van der Waals surface area contributed by atoms with Crippen molar-refractivity contribution in [2.45, 2.75) is 38.1 Å². The summed E-state index contributed by atoms with van der Waals surface area (Å²) in [5.74, 6) is -2.49. The van der Waals surface area contributed by atoms with E-state index in [-0.39, 0.29) is 35.6 Å². The number of imide groups is 1. The molecule has 0 spiro atoms. The molecule has 1 aliphatic rings. The van der Waals surface area contributed by atoms with Gasteiger partial charge in [0.15, 0.2) is 5.96 Å². The lowest BCUT2D eigenvalue weighted by Crippen LogP contribution is -2.45. The third kappa shape index (κ3) is 6.68. The van der Waals surface area contributed by atoms with Gasteiger partial charge in [-0.1, -0.05) is 22.6 Å². The Morgan fingerprint density at radius 1 is 1.29 bits per heavy atom. The molecule has 0 aromatic heterocycles. The minimum atomic E-state index is -0.953. The van der Waals surface area contributed by atoms with Gasteiger partial charge in [-0.2, -0.15) is 0 Å². The highest BCUT2D eigenvalue weighted by Gasteiger charge is 2.35. The van der Waals surface area contributed by atoms with Crippen LogP contribution in [-0.4, -0.2) is 51.7 Å². The third-order valence-corrected chi connectivity index (χ3v) is 3.86. The van der Waals surface area contributed by atoms with Crippen LogP contribution in [0.1, 0.15) is 32.1 Å². The number of carbonyl (C=O) groups is 4. The van der Waals surface area contributed by atoms with Gasteiger partial charge in [-0.3, -0.25) is 19.8 Å². The number of amides is 3. The minimum absolute atomic E-state index is 0.00754. The van der Waals surface area contributed by atoms with Gasteiger partial charge in [0.25, 0.3) is 11.8 Å². The number of halogens is 1. The molecular formula is C13H20IN5O5. The van der Waals surface area contributed by atoms with Crippen molar-refractivity contribution in [3.05, 3.63) is 0 Å². The molecule has 1 saturated heterocycles. The Labute approximate surface area is 152 Å². The van der Waals surface area contributed by atoms with Crippen LogP contribution in [0.2, 0.25) is 0 Å². The van der Waals surface area contributed by atoms with Crippen molar-refractivity contribution >= 4 is 52.2 Å². The summed E-state index contributed by atoms with van der Waals surface area (Å²) >= 11 is 1.85. The Morgan fingerprint density at radius 3 is 2.46 bits per heavy atom. The second-order valence-electron chi connectivity index (χ2n) is 5.08. The van der Waals surface area contributed by atoms with Crippen LogP contribution in [0.15, 0.2) is 0 Å². The van der Waals surface area contributed by atoms with Crippen molar-refractivity contribution in [2.75, 3.05) is 11.0 Å². The topological polar surface area (TPSA) is 155 Å². The van der Waals surface area contributed by atoms with E-state index in [1.165, 1.54) is 0 Å². The zero-order valence-electron chi connectivity index (χ0n) is 13.0. The summed E-state index contributed by atoms with van der Waals surface area (Å²) in [5, 5.41) is 12.6. The second kappa shape index (κ2) is 10.1. The second-order valence-corrected chi connectivity index (χ2v) is 5.84. The van der Waals surface area contributed by atoms with Crippen molar-refractivity contribution in [2.24, 2.45) is 5.73 Å². The normalized spacial score (nSPS) is 15.1. The van der Waals surface area contributed by atoms with Crippen molar-refractivity contribution in [3.8, 4) is 0 Å². The number of hydrogen-bond donors (Lipinski definition) is 4. The van der Waals surface area contributed by atoms with Crippen LogP contribution in [0.5, 0.6) is 0 Å². The Balaban J connectivity index is 2.54. The van der Waals surface area contributed by atoms with Gasteiger partial charge in [-0.15, -0.1) is 5.06 Å². The first kappa shape index (κ1) is 20.1. The van der Waals surface area contributed by atoms with E-state index in [2.05, 4.69) is 10.6 Å². The first-order valence-electron chi connectivity index (χ1n) is 7.36. The molecule has 0 aromatic carbocycles. The molecule has 0 unspecified atom stereocenters. The number of hydroxylamine groups is 2. The smallest absolute Gasteiger partial charge is 0.355 e. The number of rotatable bonds is 9. The molecule has 5 N–H and O–H groups in total. The standard InChI is InChI=1S/C13H20IN5O5/c14-7-9(20)18-8(3-1-2-6-17-13(15)16)12(23)24-19-10(21)4-5-11(19)22/h8H,1-7H2,(H,18,20)(H4,15,16,17)/t8-/m0/s1. The fourth-order valence-electron chi connectivity index (χ4n) is 1.99. The van der Waals surface area contributed by atoms with Crippen molar-refractivity contribution in [1.29, 1.82) is 5.41 Å². The van der Waals surface area contributed by atoms with Gasteiger partial charge in [0.05, 0.1) is 4.43 Å². The maximum Gasteiger partial charge on any atom is 0.355 e. The number of nitrogens with zero attached hydrogens (tertiary/aromatic N) is 1. The van der Waals surface area contributed by atoms with Crippen LogP contribution >= 0.6 is 22.6 Å². The molecule has 1 rings (SSSR count). The molecule has 10 nitrogen and oxygen atoms in total. The first-order valence-corrected chi connectivity index (χ1v) is 8.88. The van der Waals surface area contributed by atoms with Gasteiger partial charge >= 0.3 is 5.97 Å². The maximum atomic E-state index is 12.2. The largest absolute Gasteiger partial charge is 0.370 e. The van der Waals surface area contributed by atoms with Crippen LogP contribution in [0.3, 0.4) is 0 Å². The summed E-state index contributed by atoms with van der Waals surface area (Å²) in [7, 11) is 0. The highest BCUT2D eigenvalue weighted by Crippen LogP contribution is 2.14. The Hall–Kier alpha value is -1.92. The molecule has 1 heterocycles. The van der Waals surface area contributed by atoms with Crippen LogP contribution in [0.25, 0.3) is 0 Å². The summed E-state index contributed by atoms with van der Waals surface area (Å²) in [6, 6.07) is -0.953. The minimum Gasteiger partial charge on any atom is -0.370 e. The van der Waals surface area contributed by atoms with E-state index < -0.39 is 23.8 Å². The number of guanidine groups is 1. The number of unbranched alkanes of at least 4 members (excludes halogenated alkanes) is 1. The Bertz CT molecular complexity index is 511. The molecular weight excluding hydrogens is 433 g/mol. The van der Waals surface area contributed by atoms with Gasteiger partial charge < -0.3 is 21.2 Å². The monoisotopic (exact) mass is 453 g/mol. The van der Waals surface area contributed by atoms with E-state index in [9.17, 15) is 19.2 Å². The van der Waals surface area contributed by atoms with E-state index in [0.717, 1.165) is 0 Å². The Morgan fingerprint density at radius 2 is 1.92 bits per heavy atom. The van der Waals surface area contributed by atoms with Crippen molar-refractivity contribution in [3.63, 3.8) is 0 Å². The predicted octanol–water partition coefficient (Wildman–Crippen LogP) is -0.833. The molecule has 24 heavy (non-hydrogen) atoms. The predicted molar refractivity (Wildman–Crippen MR) is 91.8 cm³/mol. The first-order chi connectivity index (χ1) is 11.3. The fraction of sp³-hybridized carbons (Fsp3) is 0.615. The lowest BCUT2D eigenvalue weighted by Gasteiger charge is -2.20. The van der Waals surface area contributed by atoms with Crippen LogP contribution in [0.4, 0.5) is 0 Å². The van der Waals surface area contributed by atoms with Gasteiger partial charge in [0.2, 0.25) is 5.91 Å². The van der Waals surface area contributed by atoms with E-state index in [1.807, 2.05) is 22.6 Å². The molecule has 0 aromatic rings. The van der Waals surface area contributed by atoms with Gasteiger partial charge in [-0.25, -0.2) is 4.79 Å². The summed E-state index contributed by atoms with van der Waals surface area (Å²) in [4.78, 5) is 51.5. The van der Waals surface area contributed by atoms with E-state index in [4.69, 9.17) is 16.0 Å². The zero-order chi connectivity index (χ0) is 18.1. The molecule has 0 bridgehead atoms. The van der Waals surface area contributed by atoms with Crippen LogP contribution < -0.4 is 16.4 Å². The quantitative estimate of drug-likeness (QED) is 0.0887. The SMILES string of the molecule is N=C(N)NCCCC[C@H](NC(=O)CI)C(=O)ON1C(=O)CCC1=O. The zero-order valence-corrected chi connectivity index (χ0v) is 15.1. The van der Waals surface area contributed by atoms with E-state index in [1.54, 1.807) is 0 Å². The third-order valence-electron chi connectivity index (χ3n) is 3.16. The van der Waals surface area contributed by atoms with Crippen molar-refractivity contribution in [1.82, 2.24) is 15.7 Å². The van der Waals surface area contributed by atoms with Crippen LogP contribution in [-0.2, 0) is 24.0 Å². The molecule has 3 amide bonds. The molecule has 1 aliphatic heterocycles.